The average molecular weight is 478 g/mol. The van der Waals surface area contributed by atoms with Gasteiger partial charge in [0.05, 0.1) is 17.5 Å². The summed E-state index contributed by atoms with van der Waals surface area (Å²) in [6.45, 7) is 1.34. The maximum atomic E-state index is 13.1. The zero-order valence-corrected chi connectivity index (χ0v) is 19.8. The zero-order valence-electron chi connectivity index (χ0n) is 19.0. The number of rotatable bonds is 5. The lowest BCUT2D eigenvalue weighted by Gasteiger charge is -2.31. The Balaban J connectivity index is 1.15. The van der Waals surface area contributed by atoms with Crippen LogP contribution < -0.4 is 5.32 Å². The van der Waals surface area contributed by atoms with E-state index in [1.54, 1.807) is 12.1 Å². The third-order valence-corrected chi connectivity index (χ3v) is 7.90. The number of piperidine rings is 1. The van der Waals surface area contributed by atoms with Crippen molar-refractivity contribution in [1.82, 2.24) is 15.2 Å². The fourth-order valence-corrected chi connectivity index (χ4v) is 5.95. The molecule has 1 unspecified atom stereocenters. The van der Waals surface area contributed by atoms with E-state index in [4.69, 9.17) is 0 Å². The Morgan fingerprint density at radius 1 is 1.06 bits per heavy atom. The van der Waals surface area contributed by atoms with Crippen molar-refractivity contribution < 1.29 is 14.0 Å². The van der Waals surface area contributed by atoms with Crippen LogP contribution in [0.25, 0.3) is 0 Å². The number of hydrogen-bond donors (Lipinski definition) is 1. The summed E-state index contributed by atoms with van der Waals surface area (Å²) in [5.74, 6) is -0.0814. The van der Waals surface area contributed by atoms with E-state index in [-0.39, 0.29) is 36.0 Å². The number of benzene rings is 2. The minimum atomic E-state index is -0.294. The molecule has 0 saturated carbocycles. The van der Waals surface area contributed by atoms with Crippen LogP contribution in [0.5, 0.6) is 0 Å². The van der Waals surface area contributed by atoms with Crippen LogP contribution in [-0.2, 0) is 17.6 Å². The number of nitrogens with one attached hydrogen (secondary N) is 1. The molecule has 7 heteroatoms. The van der Waals surface area contributed by atoms with Crippen LogP contribution in [-0.4, -0.2) is 34.8 Å². The van der Waals surface area contributed by atoms with Crippen LogP contribution in [0.3, 0.4) is 0 Å². The summed E-state index contributed by atoms with van der Waals surface area (Å²) in [6, 6.07) is 14.5. The van der Waals surface area contributed by atoms with Crippen molar-refractivity contribution in [2.75, 3.05) is 13.1 Å². The van der Waals surface area contributed by atoms with Gasteiger partial charge < -0.3 is 10.2 Å². The maximum Gasteiger partial charge on any atom is 0.271 e. The third kappa shape index (κ3) is 5.04. The van der Waals surface area contributed by atoms with E-state index in [0.717, 1.165) is 42.7 Å². The summed E-state index contributed by atoms with van der Waals surface area (Å²) in [5, 5.41) is 6.01. The minimum absolute atomic E-state index is 0.0398. The molecule has 1 aromatic heterocycles. The molecule has 2 amide bonds. The molecule has 0 radical (unpaired) electrons. The van der Waals surface area contributed by atoms with Crippen LogP contribution in [0.2, 0.25) is 0 Å². The molecule has 1 atom stereocenters. The van der Waals surface area contributed by atoms with Gasteiger partial charge in [0.1, 0.15) is 11.5 Å². The van der Waals surface area contributed by atoms with E-state index < -0.39 is 0 Å². The number of amides is 2. The second-order valence-corrected chi connectivity index (χ2v) is 10.0. The molecule has 5 nitrogen and oxygen atoms in total. The molecule has 34 heavy (non-hydrogen) atoms. The molecule has 2 heterocycles. The van der Waals surface area contributed by atoms with Gasteiger partial charge in [0, 0.05) is 24.4 Å². The van der Waals surface area contributed by atoms with Crippen molar-refractivity contribution in [3.63, 3.8) is 0 Å². The smallest absolute Gasteiger partial charge is 0.271 e. The van der Waals surface area contributed by atoms with E-state index in [0.29, 0.717) is 18.8 Å². The van der Waals surface area contributed by atoms with Gasteiger partial charge in [-0.25, -0.2) is 9.37 Å². The minimum Gasteiger partial charge on any atom is -0.344 e. The molecule has 1 aliphatic heterocycles. The lowest BCUT2D eigenvalue weighted by atomic mass is 9.88. The number of aryl methyl sites for hydroxylation is 1. The topological polar surface area (TPSA) is 62.3 Å². The fraction of sp³-hybridized carbons (Fsp3) is 0.370. The number of nitrogens with zero attached hydrogens (tertiary/aromatic N) is 2. The second-order valence-electron chi connectivity index (χ2n) is 9.15. The Kier molecular flexibility index (Phi) is 6.72. The first-order valence-electron chi connectivity index (χ1n) is 11.9. The summed E-state index contributed by atoms with van der Waals surface area (Å²) in [4.78, 5) is 32.1. The molecule has 1 fully saturated rings. The number of carbonyl (C=O) groups is 2. The van der Waals surface area contributed by atoms with Gasteiger partial charge in [-0.2, -0.15) is 0 Å². The van der Waals surface area contributed by atoms with E-state index in [2.05, 4.69) is 28.5 Å². The standard InChI is InChI=1S/C27H28FN3O2S/c28-21-10-8-18(9-11-21)16-25(32)31-14-12-20(13-15-31)27-30-24(17-34-27)26(33)29-23-7-3-5-19-4-1-2-6-22(19)23/h1-2,4,6,8-11,17,20,23H,3,5,7,12-16H2,(H,29,33). The summed E-state index contributed by atoms with van der Waals surface area (Å²) in [5.41, 5.74) is 3.84. The molecule has 0 spiro atoms. The molecule has 2 aromatic carbocycles. The highest BCUT2D eigenvalue weighted by molar-refractivity contribution is 7.09. The zero-order chi connectivity index (χ0) is 23.5. The van der Waals surface area contributed by atoms with Crippen LogP contribution in [0, 0.1) is 5.82 Å². The highest BCUT2D eigenvalue weighted by atomic mass is 32.1. The van der Waals surface area contributed by atoms with E-state index in [1.165, 1.54) is 34.6 Å². The summed E-state index contributed by atoms with van der Waals surface area (Å²) >= 11 is 1.53. The molecule has 5 rings (SSSR count). The SMILES string of the molecule is O=C(NC1CCCc2ccccc21)c1csc(C2CCN(C(=O)Cc3ccc(F)cc3)CC2)n1. The number of aromatic nitrogens is 1. The highest BCUT2D eigenvalue weighted by Gasteiger charge is 2.27. The van der Waals surface area contributed by atoms with Crippen LogP contribution in [0.4, 0.5) is 4.39 Å². The van der Waals surface area contributed by atoms with Gasteiger partial charge in [0.15, 0.2) is 0 Å². The molecule has 1 N–H and O–H groups in total. The van der Waals surface area contributed by atoms with Crippen molar-refractivity contribution in [3.8, 4) is 0 Å². The highest BCUT2D eigenvalue weighted by Crippen LogP contribution is 2.32. The van der Waals surface area contributed by atoms with Crippen molar-refractivity contribution in [2.24, 2.45) is 0 Å². The number of halogens is 1. The molecule has 0 bridgehead atoms. The van der Waals surface area contributed by atoms with Gasteiger partial charge in [-0.3, -0.25) is 9.59 Å². The van der Waals surface area contributed by atoms with Crippen molar-refractivity contribution in [2.45, 2.75) is 50.5 Å². The quantitative estimate of drug-likeness (QED) is 0.560. The Morgan fingerprint density at radius 3 is 2.62 bits per heavy atom. The first-order chi connectivity index (χ1) is 16.6. The largest absolute Gasteiger partial charge is 0.344 e. The first-order valence-corrected chi connectivity index (χ1v) is 12.8. The van der Waals surface area contributed by atoms with E-state index in [1.807, 2.05) is 16.3 Å². The lowest BCUT2D eigenvalue weighted by molar-refractivity contribution is -0.131. The summed E-state index contributed by atoms with van der Waals surface area (Å²) < 4.78 is 13.1. The Labute approximate surface area is 203 Å². The predicted octanol–water partition coefficient (Wildman–Crippen LogP) is 5.04. The average Bonchev–Trinajstić information content (AvgIpc) is 3.36. The Morgan fingerprint density at radius 2 is 1.82 bits per heavy atom. The molecule has 1 aliphatic carbocycles. The van der Waals surface area contributed by atoms with Crippen molar-refractivity contribution >= 4 is 23.2 Å². The van der Waals surface area contributed by atoms with Gasteiger partial charge >= 0.3 is 0 Å². The predicted molar refractivity (Wildman–Crippen MR) is 130 cm³/mol. The van der Waals surface area contributed by atoms with Gasteiger partial charge in [-0.05, 0) is 60.9 Å². The van der Waals surface area contributed by atoms with Gasteiger partial charge in [-0.15, -0.1) is 11.3 Å². The molecule has 176 valence electrons. The lowest BCUT2D eigenvalue weighted by Crippen LogP contribution is -2.38. The normalized spacial score (nSPS) is 18.4. The molecular formula is C27H28FN3O2S. The molecule has 3 aromatic rings. The van der Waals surface area contributed by atoms with E-state index in [9.17, 15) is 14.0 Å². The third-order valence-electron chi connectivity index (χ3n) is 6.89. The van der Waals surface area contributed by atoms with Gasteiger partial charge in [0.2, 0.25) is 5.91 Å². The van der Waals surface area contributed by atoms with Crippen LogP contribution in [0.15, 0.2) is 53.9 Å². The second kappa shape index (κ2) is 10.1. The number of carbonyl (C=O) groups excluding carboxylic acids is 2. The van der Waals surface area contributed by atoms with E-state index >= 15 is 0 Å². The fourth-order valence-electron chi connectivity index (χ4n) is 4.98. The number of thiazole rings is 1. The molecule has 2 aliphatic rings. The van der Waals surface area contributed by atoms with Crippen LogP contribution >= 0.6 is 11.3 Å². The Bertz CT molecular complexity index is 1170. The van der Waals surface area contributed by atoms with Gasteiger partial charge in [-0.1, -0.05) is 36.4 Å². The Hall–Kier alpha value is -3.06. The van der Waals surface area contributed by atoms with Crippen LogP contribution in [0.1, 0.15) is 69.8 Å². The number of hydrogen-bond acceptors (Lipinski definition) is 4. The maximum absolute atomic E-state index is 13.1. The number of likely N-dealkylation sites (tertiary alicyclic amines) is 1. The molecule has 1 saturated heterocycles. The van der Waals surface area contributed by atoms with Crippen molar-refractivity contribution in [1.29, 1.82) is 0 Å². The van der Waals surface area contributed by atoms with Crippen molar-refractivity contribution in [3.05, 3.63) is 87.1 Å². The first kappa shape index (κ1) is 22.7. The monoisotopic (exact) mass is 477 g/mol. The summed E-state index contributed by atoms with van der Waals surface area (Å²) in [7, 11) is 0. The molecular weight excluding hydrogens is 449 g/mol. The summed E-state index contributed by atoms with van der Waals surface area (Å²) in [6.07, 6.45) is 5.04. The number of fused-ring (bicyclic) bond motifs is 1. The van der Waals surface area contributed by atoms with Gasteiger partial charge in [0.25, 0.3) is 5.91 Å².